The van der Waals surface area contributed by atoms with Crippen molar-refractivity contribution in [3.05, 3.63) is 28.2 Å². The number of thiophene rings is 1. The molecule has 1 aromatic heterocycles. The largest absolute Gasteiger partial charge is 0.478 e. The zero-order chi connectivity index (χ0) is 19.5. The second-order valence-electron chi connectivity index (χ2n) is 7.39. The summed E-state index contributed by atoms with van der Waals surface area (Å²) in [5.41, 5.74) is 1.53. The molecule has 0 bridgehead atoms. The molecule has 0 aromatic carbocycles. The van der Waals surface area contributed by atoms with Crippen LogP contribution < -0.4 is 5.32 Å². The molecule has 0 radical (unpaired) electrons. The van der Waals surface area contributed by atoms with E-state index in [-0.39, 0.29) is 12.0 Å². The number of amides is 1. The predicted molar refractivity (Wildman–Crippen MR) is 101 cm³/mol. The minimum atomic E-state index is -1.20. The van der Waals surface area contributed by atoms with E-state index in [2.05, 4.69) is 26.1 Å². The third-order valence-corrected chi connectivity index (χ3v) is 5.75. The van der Waals surface area contributed by atoms with Crippen LogP contribution in [0, 0.1) is 11.3 Å². The fourth-order valence-corrected chi connectivity index (χ4v) is 4.45. The predicted octanol–water partition coefficient (Wildman–Crippen LogP) is 3.66. The Morgan fingerprint density at radius 3 is 2.58 bits per heavy atom. The number of carboxylic acid groups (broad SMARTS) is 1. The lowest BCUT2D eigenvalue weighted by Gasteiger charge is -2.33. The Morgan fingerprint density at radius 2 is 2.00 bits per heavy atom. The maximum Gasteiger partial charge on any atom is 0.341 e. The number of carboxylic acids is 1. The van der Waals surface area contributed by atoms with Crippen LogP contribution in [0.1, 0.15) is 54.9 Å². The summed E-state index contributed by atoms with van der Waals surface area (Å²) >= 11 is 1.38. The third kappa shape index (κ3) is 4.72. The normalized spacial score (nSPS) is 17.0. The van der Waals surface area contributed by atoms with Gasteiger partial charge in [-0.25, -0.2) is 9.59 Å². The minimum Gasteiger partial charge on any atom is -0.478 e. The average molecular weight is 379 g/mol. The van der Waals surface area contributed by atoms with Crippen molar-refractivity contribution >= 4 is 34.2 Å². The molecule has 1 atom stereocenters. The van der Waals surface area contributed by atoms with Crippen LogP contribution in [0.3, 0.4) is 0 Å². The zero-order valence-corrected chi connectivity index (χ0v) is 16.4. The van der Waals surface area contributed by atoms with E-state index in [1.54, 1.807) is 6.92 Å². The van der Waals surface area contributed by atoms with Gasteiger partial charge < -0.3 is 15.2 Å². The summed E-state index contributed by atoms with van der Waals surface area (Å²) in [6.45, 7) is 8.62. The van der Waals surface area contributed by atoms with Crippen molar-refractivity contribution in [2.24, 2.45) is 11.3 Å². The van der Waals surface area contributed by atoms with Crippen LogP contribution in [0.15, 0.2) is 12.2 Å². The van der Waals surface area contributed by atoms with Crippen molar-refractivity contribution in [1.29, 1.82) is 0 Å². The maximum atomic E-state index is 12.4. The molecule has 1 aromatic rings. The molecule has 6 nitrogen and oxygen atoms in total. The van der Waals surface area contributed by atoms with Gasteiger partial charge in [0, 0.05) is 17.0 Å². The van der Waals surface area contributed by atoms with E-state index in [0.29, 0.717) is 16.5 Å². The van der Waals surface area contributed by atoms with Crippen molar-refractivity contribution in [3.63, 3.8) is 0 Å². The first kappa shape index (κ1) is 20.2. The second-order valence-corrected chi connectivity index (χ2v) is 8.50. The number of carbonyl (C=O) groups excluding carboxylic acids is 2. The van der Waals surface area contributed by atoms with Crippen LogP contribution in [-0.4, -0.2) is 29.6 Å². The molecule has 2 N–H and O–H groups in total. The molecule has 1 heterocycles. The van der Waals surface area contributed by atoms with Crippen LogP contribution in [0.5, 0.6) is 0 Å². The highest BCUT2D eigenvalue weighted by atomic mass is 32.1. The van der Waals surface area contributed by atoms with E-state index < -0.39 is 17.8 Å². The molecule has 26 heavy (non-hydrogen) atoms. The van der Waals surface area contributed by atoms with Gasteiger partial charge in [0.2, 0.25) is 5.91 Å². The van der Waals surface area contributed by atoms with Crippen molar-refractivity contribution in [2.75, 3.05) is 11.9 Å². The summed E-state index contributed by atoms with van der Waals surface area (Å²) in [6, 6.07) is 0. The summed E-state index contributed by atoms with van der Waals surface area (Å²) in [5.74, 6) is -1.73. The van der Waals surface area contributed by atoms with Gasteiger partial charge in [-0.15, -0.1) is 11.3 Å². The Balaban J connectivity index is 2.35. The Kier molecular flexibility index (Phi) is 6.23. The summed E-state index contributed by atoms with van der Waals surface area (Å²) < 4.78 is 5.17. The van der Waals surface area contributed by atoms with Crippen LogP contribution in [0.25, 0.3) is 0 Å². The van der Waals surface area contributed by atoms with E-state index in [1.165, 1.54) is 11.3 Å². The van der Waals surface area contributed by atoms with Crippen LogP contribution in [-0.2, 0) is 27.2 Å². The van der Waals surface area contributed by atoms with Gasteiger partial charge in [0.25, 0.3) is 0 Å². The number of nitrogens with one attached hydrogen (secondary N) is 1. The average Bonchev–Trinajstić information content (AvgIpc) is 2.89. The van der Waals surface area contributed by atoms with Gasteiger partial charge in [0.15, 0.2) is 0 Å². The first-order valence-electron chi connectivity index (χ1n) is 8.67. The minimum absolute atomic E-state index is 0.166. The third-order valence-electron chi connectivity index (χ3n) is 4.58. The van der Waals surface area contributed by atoms with E-state index in [4.69, 9.17) is 9.84 Å². The lowest BCUT2D eigenvalue weighted by Crippen LogP contribution is -2.26. The molecule has 0 unspecified atom stereocenters. The molecule has 0 aliphatic heterocycles. The highest BCUT2D eigenvalue weighted by Crippen LogP contribution is 2.44. The first-order valence-corrected chi connectivity index (χ1v) is 9.48. The van der Waals surface area contributed by atoms with E-state index in [1.807, 2.05) is 0 Å². The Labute approximate surface area is 157 Å². The summed E-state index contributed by atoms with van der Waals surface area (Å²) in [4.78, 5) is 36.1. The number of carbonyl (C=O) groups is 3. The molecular formula is C19H25NO5S. The highest BCUT2D eigenvalue weighted by molar-refractivity contribution is 7.17. The van der Waals surface area contributed by atoms with Crippen molar-refractivity contribution in [3.8, 4) is 0 Å². The first-order chi connectivity index (χ1) is 12.1. The number of aliphatic carboxylic acids is 1. The smallest absolute Gasteiger partial charge is 0.341 e. The number of esters is 1. The topological polar surface area (TPSA) is 92.7 Å². The number of rotatable bonds is 5. The lowest BCUT2D eigenvalue weighted by molar-refractivity contribution is -0.131. The molecule has 0 saturated heterocycles. The number of anilines is 1. The molecule has 0 fully saturated rings. The summed E-state index contributed by atoms with van der Waals surface area (Å²) in [6.07, 6.45) is 4.31. The number of ether oxygens (including phenoxy) is 1. The van der Waals surface area contributed by atoms with Crippen LogP contribution in [0.4, 0.5) is 5.00 Å². The lowest BCUT2D eigenvalue weighted by atomic mass is 9.72. The summed E-state index contributed by atoms with van der Waals surface area (Å²) in [5, 5.41) is 11.7. The molecule has 2 rings (SSSR count). The monoisotopic (exact) mass is 379 g/mol. The molecule has 0 spiro atoms. The fourth-order valence-electron chi connectivity index (χ4n) is 3.13. The van der Waals surface area contributed by atoms with E-state index in [9.17, 15) is 14.4 Å². The number of hydrogen-bond donors (Lipinski definition) is 2. The molecular weight excluding hydrogens is 354 g/mol. The molecule has 0 saturated carbocycles. The molecule has 1 aliphatic carbocycles. The molecule has 7 heteroatoms. The summed E-state index contributed by atoms with van der Waals surface area (Å²) in [7, 11) is 0. The SMILES string of the molecule is CCOC(=O)c1c(NC(=O)/C=C/C(=O)O)sc2c1CC[C@H](C(C)(C)C)C2. The standard InChI is InChI=1S/C19H25NO5S/c1-5-25-18(24)16-12-7-6-11(19(2,3)4)10-13(12)26-17(16)20-14(21)8-9-15(22)23/h8-9,11H,5-7,10H2,1-4H3,(H,20,21)(H,22,23)/b9-8+/t11-/m0/s1. The molecule has 142 valence electrons. The van der Waals surface area contributed by atoms with Gasteiger partial charge in [-0.3, -0.25) is 4.79 Å². The molecule has 1 amide bonds. The van der Waals surface area contributed by atoms with Gasteiger partial charge in [-0.05, 0) is 43.1 Å². The van der Waals surface area contributed by atoms with Gasteiger partial charge in [-0.2, -0.15) is 0 Å². The Morgan fingerprint density at radius 1 is 1.31 bits per heavy atom. The van der Waals surface area contributed by atoms with Gasteiger partial charge in [-0.1, -0.05) is 20.8 Å². The maximum absolute atomic E-state index is 12.4. The fraction of sp³-hybridized carbons (Fsp3) is 0.526. The quantitative estimate of drug-likeness (QED) is 0.602. The van der Waals surface area contributed by atoms with E-state index in [0.717, 1.165) is 41.9 Å². The van der Waals surface area contributed by atoms with Gasteiger partial charge in [0.05, 0.1) is 12.2 Å². The Hall–Kier alpha value is -2.15. The van der Waals surface area contributed by atoms with Crippen molar-refractivity contribution < 1.29 is 24.2 Å². The number of hydrogen-bond acceptors (Lipinski definition) is 5. The van der Waals surface area contributed by atoms with Crippen molar-refractivity contribution in [1.82, 2.24) is 0 Å². The second kappa shape index (κ2) is 8.03. The van der Waals surface area contributed by atoms with E-state index >= 15 is 0 Å². The van der Waals surface area contributed by atoms with Crippen molar-refractivity contribution in [2.45, 2.75) is 47.0 Å². The van der Waals surface area contributed by atoms with Gasteiger partial charge in [0.1, 0.15) is 5.00 Å². The Bertz CT molecular complexity index is 742. The number of fused-ring (bicyclic) bond motifs is 1. The molecule has 1 aliphatic rings. The van der Waals surface area contributed by atoms with Crippen LogP contribution in [0.2, 0.25) is 0 Å². The highest BCUT2D eigenvalue weighted by Gasteiger charge is 2.34. The van der Waals surface area contributed by atoms with Crippen LogP contribution >= 0.6 is 11.3 Å². The van der Waals surface area contributed by atoms with Gasteiger partial charge >= 0.3 is 11.9 Å². The zero-order valence-electron chi connectivity index (χ0n) is 15.5.